The second-order valence-electron chi connectivity index (χ2n) is 2.17. The molecule has 0 bridgehead atoms. The molecule has 1 amide bonds. The van der Waals surface area contributed by atoms with Crippen molar-refractivity contribution in [1.29, 1.82) is 0 Å². The third-order valence-corrected chi connectivity index (χ3v) is 1.31. The summed E-state index contributed by atoms with van der Waals surface area (Å²) in [5.74, 6) is 0.292. The number of nitrogens with zero attached hydrogens (tertiary/aromatic N) is 1. The summed E-state index contributed by atoms with van der Waals surface area (Å²) in [6, 6.07) is 0. The lowest BCUT2D eigenvalue weighted by Crippen LogP contribution is -2.17. The number of halogens is 3. The van der Waals surface area contributed by atoms with Crippen molar-refractivity contribution in [1.82, 2.24) is 4.90 Å². The molecule has 0 aromatic heterocycles. The molecule has 1 rings (SSSR count). The number of likely N-dealkylation sites (tertiary alicyclic amines) is 1. The quantitative estimate of drug-likeness (QED) is 0.537. The van der Waals surface area contributed by atoms with Crippen LogP contribution in [0.3, 0.4) is 0 Å². The first kappa shape index (κ1) is 10.3. The standard InChI is InChI=1S/C5H9NO.CHF3/c1-6-4-2-3-5(6)7;2-1(3)4/h2-4H2,1H3;1H. The van der Waals surface area contributed by atoms with Crippen LogP contribution in [0.4, 0.5) is 13.2 Å². The van der Waals surface area contributed by atoms with E-state index >= 15 is 0 Å². The highest BCUT2D eigenvalue weighted by molar-refractivity contribution is 5.77. The van der Waals surface area contributed by atoms with Crippen molar-refractivity contribution in [2.24, 2.45) is 0 Å². The summed E-state index contributed by atoms with van der Waals surface area (Å²) in [7, 11) is 1.84. The maximum atomic E-state index is 10.5. The van der Waals surface area contributed by atoms with Crippen LogP contribution in [0.5, 0.6) is 0 Å². The first-order chi connectivity index (χ1) is 5.04. The van der Waals surface area contributed by atoms with Crippen LogP contribution in [0.2, 0.25) is 0 Å². The molecule has 0 spiro atoms. The second kappa shape index (κ2) is 4.98. The highest BCUT2D eigenvalue weighted by Crippen LogP contribution is 2.04. The Bertz CT molecular complexity index is 126. The van der Waals surface area contributed by atoms with Crippen molar-refractivity contribution in [2.45, 2.75) is 19.5 Å². The minimum atomic E-state index is -3.67. The largest absolute Gasteiger partial charge is 0.379 e. The normalized spacial score (nSPS) is 16.8. The maximum Gasteiger partial charge on any atom is 0.379 e. The lowest BCUT2D eigenvalue weighted by molar-refractivity contribution is -0.126. The summed E-state index contributed by atoms with van der Waals surface area (Å²) in [4.78, 5) is 12.3. The second-order valence-corrected chi connectivity index (χ2v) is 2.17. The summed E-state index contributed by atoms with van der Waals surface area (Å²) in [5.41, 5.74) is 0. The fraction of sp³-hybridized carbons (Fsp3) is 0.833. The van der Waals surface area contributed by atoms with Crippen LogP contribution in [0.25, 0.3) is 0 Å². The molecule has 1 heterocycles. The monoisotopic (exact) mass is 169 g/mol. The van der Waals surface area contributed by atoms with Crippen LogP contribution in [0, 0.1) is 0 Å². The SMILES string of the molecule is CN1CCCC1=O.FC(F)F. The number of hydrogen-bond donors (Lipinski definition) is 0. The molecule has 11 heavy (non-hydrogen) atoms. The molecule has 0 aromatic rings. The van der Waals surface area contributed by atoms with Crippen molar-refractivity contribution in [3.8, 4) is 0 Å². The predicted molar refractivity (Wildman–Crippen MR) is 34.0 cm³/mol. The van der Waals surface area contributed by atoms with Gasteiger partial charge in [0.1, 0.15) is 0 Å². The molecule has 1 aliphatic rings. The molecule has 0 radical (unpaired) electrons. The minimum Gasteiger partial charge on any atom is -0.346 e. The number of carbonyl (C=O) groups is 1. The number of rotatable bonds is 0. The summed E-state index contributed by atoms with van der Waals surface area (Å²) < 4.78 is 29.0. The van der Waals surface area contributed by atoms with E-state index in [0.717, 1.165) is 19.4 Å². The van der Waals surface area contributed by atoms with Gasteiger partial charge < -0.3 is 4.90 Å². The Morgan fingerprint density at radius 1 is 1.45 bits per heavy atom. The minimum absolute atomic E-state index is 0.292. The van der Waals surface area contributed by atoms with E-state index < -0.39 is 6.68 Å². The predicted octanol–water partition coefficient (Wildman–Crippen LogP) is 1.42. The molecule has 0 unspecified atom stereocenters. The van der Waals surface area contributed by atoms with Crippen LogP contribution in [0.15, 0.2) is 0 Å². The average Bonchev–Trinajstić information content (AvgIpc) is 2.15. The molecule has 2 nitrogen and oxygen atoms in total. The van der Waals surface area contributed by atoms with Crippen molar-refractivity contribution in [3.63, 3.8) is 0 Å². The molecule has 66 valence electrons. The molecule has 1 aliphatic heterocycles. The Morgan fingerprint density at radius 3 is 2.00 bits per heavy atom. The lowest BCUT2D eigenvalue weighted by Gasteiger charge is -2.03. The Morgan fingerprint density at radius 2 is 1.91 bits per heavy atom. The van der Waals surface area contributed by atoms with Gasteiger partial charge >= 0.3 is 6.68 Å². The molecule has 0 aromatic carbocycles. The van der Waals surface area contributed by atoms with Gasteiger partial charge in [0.05, 0.1) is 0 Å². The summed E-state index contributed by atoms with van der Waals surface area (Å²) in [5, 5.41) is 0. The van der Waals surface area contributed by atoms with E-state index in [2.05, 4.69) is 0 Å². The fourth-order valence-corrected chi connectivity index (χ4v) is 0.783. The fourth-order valence-electron chi connectivity index (χ4n) is 0.783. The van der Waals surface area contributed by atoms with Crippen molar-refractivity contribution in [3.05, 3.63) is 0 Å². The number of hydrogen-bond acceptors (Lipinski definition) is 1. The smallest absolute Gasteiger partial charge is 0.346 e. The van der Waals surface area contributed by atoms with E-state index in [0.29, 0.717) is 5.91 Å². The third kappa shape index (κ3) is 5.69. The molecule has 0 aliphatic carbocycles. The summed E-state index contributed by atoms with van der Waals surface area (Å²) in [6.07, 6.45) is 1.81. The van der Waals surface area contributed by atoms with Gasteiger partial charge in [0.15, 0.2) is 0 Å². The van der Waals surface area contributed by atoms with Gasteiger partial charge in [0.2, 0.25) is 5.91 Å². The Balaban J connectivity index is 0.000000218. The van der Waals surface area contributed by atoms with E-state index in [-0.39, 0.29) is 0 Å². The Hall–Kier alpha value is -0.740. The van der Waals surface area contributed by atoms with Gasteiger partial charge in [-0.15, -0.1) is 0 Å². The molecule has 5 heteroatoms. The van der Waals surface area contributed by atoms with Gasteiger partial charge in [-0.1, -0.05) is 0 Å². The zero-order chi connectivity index (χ0) is 8.85. The maximum absolute atomic E-state index is 10.5. The third-order valence-electron chi connectivity index (χ3n) is 1.31. The molecule has 1 saturated heterocycles. The van der Waals surface area contributed by atoms with Crippen LogP contribution < -0.4 is 0 Å². The lowest BCUT2D eigenvalue weighted by atomic mass is 10.4. The van der Waals surface area contributed by atoms with Crippen molar-refractivity contribution in [2.75, 3.05) is 13.6 Å². The van der Waals surface area contributed by atoms with Gasteiger partial charge in [-0.25, -0.2) is 0 Å². The highest BCUT2D eigenvalue weighted by atomic mass is 19.4. The van der Waals surface area contributed by atoms with Crippen LogP contribution in [0.1, 0.15) is 12.8 Å². The van der Waals surface area contributed by atoms with Gasteiger partial charge in [-0.05, 0) is 6.42 Å². The zero-order valence-electron chi connectivity index (χ0n) is 6.19. The summed E-state index contributed by atoms with van der Waals surface area (Å²) in [6.45, 7) is -2.71. The average molecular weight is 169 g/mol. The van der Waals surface area contributed by atoms with E-state index in [1.54, 1.807) is 4.90 Å². The number of alkyl halides is 3. The van der Waals surface area contributed by atoms with Crippen molar-refractivity contribution < 1.29 is 18.0 Å². The van der Waals surface area contributed by atoms with E-state index in [9.17, 15) is 18.0 Å². The molecular weight excluding hydrogens is 159 g/mol. The molecule has 0 N–H and O–H groups in total. The topological polar surface area (TPSA) is 20.3 Å². The zero-order valence-corrected chi connectivity index (χ0v) is 6.19. The van der Waals surface area contributed by atoms with Gasteiger partial charge in [-0.3, -0.25) is 4.79 Å². The number of carbonyl (C=O) groups excluding carboxylic acids is 1. The van der Waals surface area contributed by atoms with Crippen molar-refractivity contribution >= 4 is 5.91 Å². The molecule has 0 atom stereocenters. The molecule has 1 fully saturated rings. The van der Waals surface area contributed by atoms with E-state index in [1.807, 2.05) is 7.05 Å². The van der Waals surface area contributed by atoms with Crippen LogP contribution in [-0.4, -0.2) is 31.1 Å². The number of amides is 1. The van der Waals surface area contributed by atoms with Crippen LogP contribution in [-0.2, 0) is 4.79 Å². The first-order valence-electron chi connectivity index (χ1n) is 3.20. The first-order valence-corrected chi connectivity index (χ1v) is 3.20. The highest BCUT2D eigenvalue weighted by Gasteiger charge is 2.14. The van der Waals surface area contributed by atoms with Gasteiger partial charge in [0.25, 0.3) is 0 Å². The summed E-state index contributed by atoms with van der Waals surface area (Å²) >= 11 is 0. The Labute approximate surface area is 63.0 Å². The molecular formula is C6H10F3NO. The molecule has 0 saturated carbocycles. The van der Waals surface area contributed by atoms with Gasteiger partial charge in [-0.2, -0.15) is 13.2 Å². The Kier molecular flexibility index (Phi) is 4.65. The van der Waals surface area contributed by atoms with Gasteiger partial charge in [0, 0.05) is 20.0 Å². The van der Waals surface area contributed by atoms with Crippen LogP contribution >= 0.6 is 0 Å². The van der Waals surface area contributed by atoms with E-state index in [1.165, 1.54) is 0 Å². The van der Waals surface area contributed by atoms with E-state index in [4.69, 9.17) is 0 Å².